The van der Waals surface area contributed by atoms with Crippen molar-refractivity contribution in [2.45, 2.75) is 32.1 Å². The molecule has 2 aromatic rings. The van der Waals surface area contributed by atoms with Gasteiger partial charge in [-0.15, -0.1) is 0 Å². The zero-order valence-corrected chi connectivity index (χ0v) is 16.7. The van der Waals surface area contributed by atoms with E-state index in [2.05, 4.69) is 19.7 Å². The second kappa shape index (κ2) is 7.18. The summed E-state index contributed by atoms with van der Waals surface area (Å²) >= 11 is 1.34. The van der Waals surface area contributed by atoms with Crippen molar-refractivity contribution in [3.63, 3.8) is 0 Å². The van der Waals surface area contributed by atoms with Gasteiger partial charge >= 0.3 is 0 Å². The van der Waals surface area contributed by atoms with Gasteiger partial charge in [-0.05, 0) is 73.0 Å². The molecule has 8 heteroatoms. The summed E-state index contributed by atoms with van der Waals surface area (Å²) in [6, 6.07) is 2.03. The van der Waals surface area contributed by atoms with Crippen molar-refractivity contribution in [2.24, 2.45) is 5.41 Å². The highest BCUT2D eigenvalue weighted by Gasteiger charge is 2.52. The van der Waals surface area contributed by atoms with Crippen molar-refractivity contribution in [1.29, 1.82) is 0 Å². The van der Waals surface area contributed by atoms with Gasteiger partial charge in [-0.3, -0.25) is 9.59 Å². The van der Waals surface area contributed by atoms with E-state index in [1.807, 2.05) is 23.1 Å². The topological polar surface area (TPSA) is 88.1 Å². The van der Waals surface area contributed by atoms with E-state index in [1.165, 1.54) is 17.1 Å². The molecular weight excluding hydrogens is 386 g/mol. The first kappa shape index (κ1) is 18.2. The van der Waals surface area contributed by atoms with E-state index >= 15 is 0 Å². The number of carbonyl (C=O) groups excluding carboxylic acids is 2. The third kappa shape index (κ3) is 3.72. The standard InChI is InChI=1S/C21H21N5O2S/c27-18(26-7-3-14(4-8-26)10-17-23-13-29-25-17)2-1-15-9-16-11-21(5-6-21)20(28)24-19(16)22-12-15/h1-2,9-10,12-13H,3-8,11H2,(H,22,24,28). The van der Waals surface area contributed by atoms with E-state index < -0.39 is 0 Å². The molecule has 0 bridgehead atoms. The first-order valence-electron chi connectivity index (χ1n) is 9.85. The number of anilines is 1. The highest BCUT2D eigenvalue weighted by Crippen LogP contribution is 2.52. The normalized spacial score (nSPS) is 19.9. The molecule has 2 aliphatic heterocycles. The maximum Gasteiger partial charge on any atom is 0.246 e. The Balaban J connectivity index is 1.21. The van der Waals surface area contributed by atoms with Crippen LogP contribution in [0.3, 0.4) is 0 Å². The molecule has 4 heterocycles. The van der Waals surface area contributed by atoms with Gasteiger partial charge in [-0.25, -0.2) is 9.97 Å². The molecular formula is C21H21N5O2S. The molecule has 5 rings (SSSR count). The number of aromatic nitrogens is 3. The number of hydrogen-bond acceptors (Lipinski definition) is 6. The molecule has 0 atom stereocenters. The van der Waals surface area contributed by atoms with Crippen LogP contribution in [0.2, 0.25) is 0 Å². The molecule has 0 unspecified atom stereocenters. The van der Waals surface area contributed by atoms with Crippen LogP contribution in [0.5, 0.6) is 0 Å². The second-order valence-corrected chi connectivity index (χ2v) is 8.54. The number of piperidine rings is 1. The smallest absolute Gasteiger partial charge is 0.246 e. The van der Waals surface area contributed by atoms with E-state index in [4.69, 9.17) is 0 Å². The SMILES string of the molecule is O=C(C=Cc1cnc2c(c1)CC1(CC1)C(=O)N2)N1CCC(=Cc2ncsn2)CC1. The van der Waals surface area contributed by atoms with Gasteiger partial charge in [-0.1, -0.05) is 5.57 Å². The van der Waals surface area contributed by atoms with Crippen molar-refractivity contribution in [3.05, 3.63) is 46.4 Å². The fourth-order valence-corrected chi connectivity index (χ4v) is 4.37. The lowest BCUT2D eigenvalue weighted by molar-refractivity contribution is -0.126. The molecule has 2 fully saturated rings. The van der Waals surface area contributed by atoms with Gasteiger partial charge in [0.25, 0.3) is 0 Å². The quantitative estimate of drug-likeness (QED) is 0.791. The highest BCUT2D eigenvalue weighted by atomic mass is 32.1. The van der Waals surface area contributed by atoms with Gasteiger partial charge in [0, 0.05) is 25.4 Å². The van der Waals surface area contributed by atoms with Crippen LogP contribution in [0.1, 0.15) is 42.6 Å². The molecule has 2 amide bonds. The van der Waals surface area contributed by atoms with E-state index in [0.717, 1.165) is 49.1 Å². The fourth-order valence-electron chi connectivity index (χ4n) is 3.96. The van der Waals surface area contributed by atoms with Crippen LogP contribution >= 0.6 is 11.5 Å². The Morgan fingerprint density at radius 3 is 2.79 bits per heavy atom. The summed E-state index contributed by atoms with van der Waals surface area (Å²) in [4.78, 5) is 35.1. The number of rotatable bonds is 3. The molecule has 1 N–H and O–H groups in total. The summed E-state index contributed by atoms with van der Waals surface area (Å²) in [5.74, 6) is 1.52. The lowest BCUT2D eigenvalue weighted by atomic mass is 9.92. The van der Waals surface area contributed by atoms with Crippen LogP contribution in [0.25, 0.3) is 12.2 Å². The van der Waals surface area contributed by atoms with Crippen LogP contribution in [-0.4, -0.2) is 44.1 Å². The zero-order valence-electron chi connectivity index (χ0n) is 15.9. The Bertz CT molecular complexity index is 1010. The predicted molar refractivity (Wildman–Crippen MR) is 111 cm³/mol. The molecule has 0 radical (unpaired) electrons. The Kier molecular flexibility index (Phi) is 4.50. The van der Waals surface area contributed by atoms with Gasteiger partial charge < -0.3 is 10.2 Å². The van der Waals surface area contributed by atoms with Crippen molar-refractivity contribution in [1.82, 2.24) is 19.2 Å². The van der Waals surface area contributed by atoms with Crippen LogP contribution < -0.4 is 5.32 Å². The van der Waals surface area contributed by atoms with Crippen LogP contribution in [-0.2, 0) is 16.0 Å². The molecule has 1 saturated heterocycles. The van der Waals surface area contributed by atoms with E-state index in [0.29, 0.717) is 18.9 Å². The average Bonchev–Trinajstić information content (AvgIpc) is 3.32. The van der Waals surface area contributed by atoms with Gasteiger partial charge in [0.1, 0.15) is 11.3 Å². The zero-order chi connectivity index (χ0) is 19.8. The van der Waals surface area contributed by atoms with Crippen molar-refractivity contribution in [2.75, 3.05) is 18.4 Å². The van der Waals surface area contributed by atoms with Crippen LogP contribution in [0, 0.1) is 5.41 Å². The number of pyridine rings is 1. The van der Waals surface area contributed by atoms with Crippen molar-refractivity contribution in [3.8, 4) is 0 Å². The molecule has 29 heavy (non-hydrogen) atoms. The first-order valence-corrected chi connectivity index (χ1v) is 10.7. The molecule has 7 nitrogen and oxygen atoms in total. The minimum atomic E-state index is -0.208. The van der Waals surface area contributed by atoms with Gasteiger partial charge in [0.2, 0.25) is 11.8 Å². The number of amides is 2. The Labute approximate surface area is 172 Å². The van der Waals surface area contributed by atoms with Crippen molar-refractivity contribution >= 4 is 41.3 Å². The third-order valence-corrected chi connectivity index (χ3v) is 6.42. The second-order valence-electron chi connectivity index (χ2n) is 7.94. The van der Waals surface area contributed by atoms with Crippen LogP contribution in [0.15, 0.2) is 29.4 Å². The summed E-state index contributed by atoms with van der Waals surface area (Å²) in [5.41, 5.74) is 4.74. The number of likely N-dealkylation sites (tertiary alicyclic amines) is 1. The maximum absolute atomic E-state index is 12.6. The third-order valence-electron chi connectivity index (χ3n) is 5.93. The summed E-state index contributed by atoms with van der Waals surface area (Å²) in [7, 11) is 0. The molecule has 1 saturated carbocycles. The van der Waals surface area contributed by atoms with Gasteiger partial charge in [0.15, 0.2) is 5.82 Å². The van der Waals surface area contributed by atoms with E-state index in [9.17, 15) is 9.59 Å². The monoisotopic (exact) mass is 407 g/mol. The summed E-state index contributed by atoms with van der Waals surface area (Å²) in [5, 5.41) is 2.91. The molecule has 1 aliphatic carbocycles. The summed E-state index contributed by atoms with van der Waals surface area (Å²) < 4.78 is 4.21. The molecule has 2 aromatic heterocycles. The highest BCUT2D eigenvalue weighted by molar-refractivity contribution is 7.03. The summed E-state index contributed by atoms with van der Waals surface area (Å²) in [6.07, 6.45) is 11.5. The largest absolute Gasteiger partial charge is 0.339 e. The number of nitrogens with one attached hydrogen (secondary N) is 1. The molecule has 0 aromatic carbocycles. The summed E-state index contributed by atoms with van der Waals surface area (Å²) in [6.45, 7) is 1.41. The molecule has 1 spiro atoms. The Morgan fingerprint density at radius 1 is 1.24 bits per heavy atom. The number of fused-ring (bicyclic) bond motifs is 1. The molecule has 148 valence electrons. The number of hydrogen-bond donors (Lipinski definition) is 1. The minimum absolute atomic E-state index is 0.0144. The maximum atomic E-state index is 12.6. The minimum Gasteiger partial charge on any atom is -0.339 e. The van der Waals surface area contributed by atoms with Crippen LogP contribution in [0.4, 0.5) is 5.82 Å². The number of carbonyl (C=O) groups is 2. The fraction of sp³-hybridized carbons (Fsp3) is 0.381. The lowest BCUT2D eigenvalue weighted by Crippen LogP contribution is -2.35. The Morgan fingerprint density at radius 2 is 2.07 bits per heavy atom. The molecule has 3 aliphatic rings. The van der Waals surface area contributed by atoms with E-state index in [1.54, 1.807) is 17.8 Å². The van der Waals surface area contributed by atoms with Gasteiger partial charge in [0.05, 0.1) is 5.41 Å². The van der Waals surface area contributed by atoms with Crippen molar-refractivity contribution < 1.29 is 9.59 Å². The average molecular weight is 407 g/mol. The van der Waals surface area contributed by atoms with Gasteiger partial charge in [-0.2, -0.15) is 4.37 Å². The van der Waals surface area contributed by atoms with E-state index in [-0.39, 0.29) is 17.2 Å². The lowest BCUT2D eigenvalue weighted by Gasteiger charge is -2.27. The Hall–Kier alpha value is -2.87. The number of nitrogens with zero attached hydrogens (tertiary/aromatic N) is 4. The predicted octanol–water partition coefficient (Wildman–Crippen LogP) is 2.93. The first-order chi connectivity index (χ1) is 14.1.